The highest BCUT2D eigenvalue weighted by atomic mass is 19.1. The van der Waals surface area contributed by atoms with E-state index in [2.05, 4.69) is 5.32 Å². The summed E-state index contributed by atoms with van der Waals surface area (Å²) in [4.78, 5) is 23.0. The van der Waals surface area contributed by atoms with Gasteiger partial charge in [-0.3, -0.25) is 9.59 Å². The number of benzene rings is 1. The molecule has 0 radical (unpaired) electrons. The van der Waals surface area contributed by atoms with E-state index >= 15 is 0 Å². The van der Waals surface area contributed by atoms with E-state index in [1.54, 1.807) is 0 Å². The number of carboxylic acids is 1. The Labute approximate surface area is 112 Å². The van der Waals surface area contributed by atoms with E-state index in [-0.39, 0.29) is 30.8 Å². The third kappa shape index (κ3) is 1.81. The lowest BCUT2D eigenvalue weighted by molar-refractivity contribution is -0.149. The van der Waals surface area contributed by atoms with Crippen LogP contribution < -0.4 is 10.1 Å². The van der Waals surface area contributed by atoms with Gasteiger partial charge in [-0.2, -0.15) is 0 Å². The van der Waals surface area contributed by atoms with Crippen molar-refractivity contribution in [1.82, 2.24) is 5.32 Å². The van der Waals surface area contributed by atoms with Gasteiger partial charge in [0.2, 0.25) is 5.91 Å². The van der Waals surface area contributed by atoms with Crippen molar-refractivity contribution in [1.29, 1.82) is 0 Å². The fourth-order valence-corrected chi connectivity index (χ4v) is 2.35. The molecule has 1 aliphatic carbocycles. The van der Waals surface area contributed by atoms with Crippen molar-refractivity contribution in [3.63, 3.8) is 0 Å². The van der Waals surface area contributed by atoms with Gasteiger partial charge < -0.3 is 15.2 Å². The van der Waals surface area contributed by atoms with Crippen molar-refractivity contribution < 1.29 is 28.2 Å². The Kier molecular flexibility index (Phi) is 2.67. The van der Waals surface area contributed by atoms with Crippen LogP contribution in [0.1, 0.15) is 24.4 Å². The second-order valence-corrected chi connectivity index (χ2v) is 5.02. The molecule has 1 heterocycles. The Hall–Kier alpha value is -2.18. The summed E-state index contributed by atoms with van der Waals surface area (Å²) in [7, 11) is 0. The summed E-state index contributed by atoms with van der Waals surface area (Å²) in [6.07, 6.45) is 0.529. The smallest absolute Gasteiger partial charge is 0.319 e. The molecule has 1 saturated carbocycles. The van der Waals surface area contributed by atoms with Crippen LogP contribution in [0.5, 0.6) is 5.75 Å². The van der Waals surface area contributed by atoms with E-state index in [9.17, 15) is 18.4 Å². The van der Waals surface area contributed by atoms with Crippen LogP contribution in [0.3, 0.4) is 0 Å². The fourth-order valence-electron chi connectivity index (χ4n) is 2.35. The number of hydrogen-bond donors (Lipinski definition) is 2. The van der Waals surface area contributed by atoms with E-state index in [1.807, 2.05) is 0 Å². The largest absolute Gasteiger partial charge is 0.490 e. The molecule has 0 spiro atoms. The minimum Gasteiger partial charge on any atom is -0.490 e. The number of fused-ring (bicyclic) bond motifs is 1. The van der Waals surface area contributed by atoms with Gasteiger partial charge in [0.05, 0.1) is 11.6 Å². The molecule has 20 heavy (non-hydrogen) atoms. The number of halogens is 2. The van der Waals surface area contributed by atoms with Crippen LogP contribution in [0, 0.1) is 17.0 Å². The SMILES string of the molecule is O=C(O)C1(C(=O)NC2COc3cc(F)cc(F)c32)CC1. The first-order valence-electron chi connectivity index (χ1n) is 6.10. The molecule has 1 aliphatic heterocycles. The predicted molar refractivity (Wildman–Crippen MR) is 62.0 cm³/mol. The van der Waals surface area contributed by atoms with Gasteiger partial charge >= 0.3 is 5.97 Å². The molecular weight excluding hydrogens is 272 g/mol. The summed E-state index contributed by atoms with van der Waals surface area (Å²) >= 11 is 0. The number of hydrogen-bond acceptors (Lipinski definition) is 3. The molecule has 0 aromatic heterocycles. The lowest BCUT2D eigenvalue weighted by atomic mass is 10.0. The second kappa shape index (κ2) is 4.16. The Bertz CT molecular complexity index is 613. The summed E-state index contributed by atoms with van der Waals surface area (Å²) in [6, 6.07) is 0.945. The minimum absolute atomic E-state index is 0.0352. The summed E-state index contributed by atoms with van der Waals surface area (Å²) in [5.41, 5.74) is -1.35. The number of carbonyl (C=O) groups is 2. The zero-order valence-corrected chi connectivity index (χ0v) is 10.3. The fraction of sp³-hybridized carbons (Fsp3) is 0.385. The van der Waals surface area contributed by atoms with Crippen molar-refractivity contribution in [3.05, 3.63) is 29.3 Å². The first-order chi connectivity index (χ1) is 9.44. The third-order valence-electron chi connectivity index (χ3n) is 3.71. The third-order valence-corrected chi connectivity index (χ3v) is 3.71. The van der Waals surface area contributed by atoms with E-state index in [4.69, 9.17) is 9.84 Å². The quantitative estimate of drug-likeness (QED) is 0.822. The number of carboxylic acid groups (broad SMARTS) is 1. The van der Waals surface area contributed by atoms with Gasteiger partial charge in [0.1, 0.15) is 29.4 Å². The Morgan fingerprint density at radius 3 is 2.65 bits per heavy atom. The van der Waals surface area contributed by atoms with E-state index in [1.165, 1.54) is 0 Å². The maximum Gasteiger partial charge on any atom is 0.319 e. The summed E-state index contributed by atoms with van der Waals surface area (Å²) in [6.45, 7) is -0.0445. The molecule has 0 bridgehead atoms. The normalized spacial score (nSPS) is 21.8. The van der Waals surface area contributed by atoms with Crippen molar-refractivity contribution in [2.24, 2.45) is 5.41 Å². The molecule has 1 aromatic carbocycles. The zero-order valence-electron chi connectivity index (χ0n) is 10.3. The van der Waals surface area contributed by atoms with E-state index in [0.717, 1.165) is 6.07 Å². The molecule has 3 rings (SSSR count). The number of carbonyl (C=O) groups excluding carboxylic acids is 1. The first kappa shape index (κ1) is 12.8. The molecule has 5 nitrogen and oxygen atoms in total. The summed E-state index contributed by atoms with van der Waals surface area (Å²) in [5, 5.41) is 11.5. The Morgan fingerprint density at radius 2 is 2.05 bits per heavy atom. The van der Waals surface area contributed by atoms with Gasteiger partial charge in [-0.1, -0.05) is 0 Å². The number of rotatable bonds is 3. The maximum atomic E-state index is 13.7. The van der Waals surface area contributed by atoms with Crippen LogP contribution in [0.15, 0.2) is 12.1 Å². The van der Waals surface area contributed by atoms with Gasteiger partial charge in [-0.25, -0.2) is 8.78 Å². The second-order valence-electron chi connectivity index (χ2n) is 5.02. The standard InChI is InChI=1S/C13H11F2NO4/c14-6-3-7(15)10-8(5-20-9(10)4-6)16-11(17)13(1-2-13)12(18)19/h3-4,8H,1-2,5H2,(H,16,17)(H,18,19). The number of ether oxygens (including phenoxy) is 1. The molecule has 1 aromatic rings. The molecule has 2 aliphatic rings. The molecule has 106 valence electrons. The topological polar surface area (TPSA) is 75.6 Å². The minimum atomic E-state index is -1.40. The highest BCUT2D eigenvalue weighted by molar-refractivity contribution is 6.05. The first-order valence-corrected chi connectivity index (χ1v) is 6.10. The molecule has 1 amide bonds. The molecule has 1 atom stereocenters. The van der Waals surface area contributed by atoms with Gasteiger partial charge in [-0.05, 0) is 12.8 Å². The van der Waals surface area contributed by atoms with E-state index < -0.39 is 35.0 Å². The van der Waals surface area contributed by atoms with Gasteiger partial charge in [0, 0.05) is 12.1 Å². The van der Waals surface area contributed by atoms with Crippen LogP contribution >= 0.6 is 0 Å². The van der Waals surface area contributed by atoms with Crippen molar-refractivity contribution >= 4 is 11.9 Å². The van der Waals surface area contributed by atoms with Crippen LogP contribution in [0.2, 0.25) is 0 Å². The van der Waals surface area contributed by atoms with Crippen LogP contribution in [0.4, 0.5) is 8.78 Å². The van der Waals surface area contributed by atoms with Gasteiger partial charge in [0.25, 0.3) is 0 Å². The molecule has 2 N–H and O–H groups in total. The zero-order chi connectivity index (χ0) is 14.5. The van der Waals surface area contributed by atoms with Crippen LogP contribution in [0.25, 0.3) is 0 Å². The Morgan fingerprint density at radius 1 is 1.35 bits per heavy atom. The molecule has 1 unspecified atom stereocenters. The van der Waals surface area contributed by atoms with Crippen molar-refractivity contribution in [2.75, 3.05) is 6.61 Å². The highest BCUT2D eigenvalue weighted by Gasteiger charge is 2.57. The van der Waals surface area contributed by atoms with Crippen molar-refractivity contribution in [3.8, 4) is 5.75 Å². The molecule has 7 heteroatoms. The number of aliphatic carboxylic acids is 1. The highest BCUT2D eigenvalue weighted by Crippen LogP contribution is 2.47. The van der Waals surface area contributed by atoms with Gasteiger partial charge in [0.15, 0.2) is 0 Å². The average molecular weight is 283 g/mol. The number of amides is 1. The average Bonchev–Trinajstić information content (AvgIpc) is 3.08. The predicted octanol–water partition coefficient (Wildman–Crippen LogP) is 1.38. The summed E-state index contributed by atoms with van der Waals surface area (Å²) in [5.74, 6) is -3.39. The number of nitrogens with one attached hydrogen (secondary N) is 1. The summed E-state index contributed by atoms with van der Waals surface area (Å²) < 4.78 is 31.9. The monoisotopic (exact) mass is 283 g/mol. The van der Waals surface area contributed by atoms with Crippen molar-refractivity contribution in [2.45, 2.75) is 18.9 Å². The van der Waals surface area contributed by atoms with E-state index in [0.29, 0.717) is 6.07 Å². The molecule has 1 fully saturated rings. The molecule has 0 saturated heterocycles. The lowest BCUT2D eigenvalue weighted by Crippen LogP contribution is -2.39. The lowest BCUT2D eigenvalue weighted by Gasteiger charge is -2.15. The van der Waals surface area contributed by atoms with Gasteiger partial charge in [-0.15, -0.1) is 0 Å². The van der Waals surface area contributed by atoms with Crippen LogP contribution in [-0.4, -0.2) is 23.6 Å². The Balaban J connectivity index is 1.83. The van der Waals surface area contributed by atoms with Crippen LogP contribution in [-0.2, 0) is 9.59 Å². The molecular formula is C13H11F2NO4. The maximum absolute atomic E-state index is 13.7.